The van der Waals surface area contributed by atoms with Crippen molar-refractivity contribution in [2.75, 3.05) is 18.4 Å². The second-order valence-corrected chi connectivity index (χ2v) is 7.04. The predicted molar refractivity (Wildman–Crippen MR) is 91.1 cm³/mol. The van der Waals surface area contributed by atoms with Crippen LogP contribution >= 0.6 is 0 Å². The maximum Gasteiger partial charge on any atom is 0.238 e. The Kier molecular flexibility index (Phi) is 4.82. The number of hydrogen-bond donors (Lipinski definition) is 1. The molecule has 120 valence electrons. The molecule has 2 atom stereocenters. The number of hydrogen-bond acceptors (Lipinski definition) is 2. The molecule has 1 aromatic carbocycles. The van der Waals surface area contributed by atoms with E-state index >= 15 is 0 Å². The fourth-order valence-corrected chi connectivity index (χ4v) is 4.30. The van der Waals surface area contributed by atoms with Crippen LogP contribution in [-0.4, -0.2) is 29.9 Å². The number of aryl methyl sites for hydroxylation is 2. The minimum Gasteiger partial charge on any atom is -0.324 e. The molecular weight excluding hydrogens is 272 g/mol. The molecule has 1 heterocycles. The number of nitrogens with zero attached hydrogens (tertiary/aromatic N) is 1. The van der Waals surface area contributed by atoms with Crippen molar-refractivity contribution in [1.82, 2.24) is 4.90 Å². The van der Waals surface area contributed by atoms with Gasteiger partial charge in [-0.15, -0.1) is 0 Å². The van der Waals surface area contributed by atoms with Crippen LogP contribution in [0, 0.1) is 19.8 Å². The summed E-state index contributed by atoms with van der Waals surface area (Å²) in [5.41, 5.74) is 3.27. The van der Waals surface area contributed by atoms with E-state index in [-0.39, 0.29) is 5.91 Å². The van der Waals surface area contributed by atoms with Crippen molar-refractivity contribution in [2.45, 2.75) is 58.4 Å². The Bertz CT molecular complexity index is 518. The van der Waals surface area contributed by atoms with Crippen molar-refractivity contribution >= 4 is 11.6 Å². The number of nitrogens with one attached hydrogen (secondary N) is 1. The highest BCUT2D eigenvalue weighted by Gasteiger charge is 2.33. The van der Waals surface area contributed by atoms with Crippen molar-refractivity contribution in [2.24, 2.45) is 5.92 Å². The number of rotatable bonds is 3. The molecule has 1 aliphatic carbocycles. The zero-order chi connectivity index (χ0) is 15.5. The maximum absolute atomic E-state index is 12.5. The molecule has 0 spiro atoms. The fraction of sp³-hybridized carbons (Fsp3) is 0.632. The first-order valence-corrected chi connectivity index (χ1v) is 8.75. The summed E-state index contributed by atoms with van der Waals surface area (Å²) >= 11 is 0. The van der Waals surface area contributed by atoms with Gasteiger partial charge in [0.1, 0.15) is 0 Å². The highest BCUT2D eigenvalue weighted by molar-refractivity contribution is 5.93. The molecule has 3 nitrogen and oxygen atoms in total. The van der Waals surface area contributed by atoms with Crippen molar-refractivity contribution < 1.29 is 4.79 Å². The minimum atomic E-state index is 0.142. The molecular formula is C19H28N2O. The summed E-state index contributed by atoms with van der Waals surface area (Å²) in [5, 5.41) is 3.14. The standard InChI is InChI=1S/C19H28N2O/c1-14-7-5-8-15(2)19(14)20-18(22)13-21-12-6-10-16-9-3-4-11-17(16)21/h5,7-8,16-17H,3-4,6,9-13H2,1-2H3,(H,20,22). The fourth-order valence-electron chi connectivity index (χ4n) is 4.30. The summed E-state index contributed by atoms with van der Waals surface area (Å²) in [6, 6.07) is 6.80. The average Bonchev–Trinajstić information content (AvgIpc) is 2.51. The maximum atomic E-state index is 12.5. The van der Waals surface area contributed by atoms with Crippen LogP contribution in [0.25, 0.3) is 0 Å². The van der Waals surface area contributed by atoms with E-state index in [0.717, 1.165) is 29.3 Å². The van der Waals surface area contributed by atoms with Gasteiger partial charge in [-0.2, -0.15) is 0 Å². The predicted octanol–water partition coefficient (Wildman–Crippen LogP) is 3.90. The van der Waals surface area contributed by atoms with Crippen LogP contribution in [0.5, 0.6) is 0 Å². The van der Waals surface area contributed by atoms with Gasteiger partial charge in [-0.25, -0.2) is 0 Å². The van der Waals surface area contributed by atoms with Gasteiger partial charge in [0.15, 0.2) is 0 Å². The van der Waals surface area contributed by atoms with Crippen LogP contribution in [0.1, 0.15) is 49.7 Å². The van der Waals surface area contributed by atoms with Crippen LogP contribution in [0.3, 0.4) is 0 Å². The van der Waals surface area contributed by atoms with Gasteiger partial charge >= 0.3 is 0 Å². The normalized spacial score (nSPS) is 25.5. The van der Waals surface area contributed by atoms with E-state index in [2.05, 4.69) is 36.2 Å². The molecule has 1 N–H and O–H groups in total. The van der Waals surface area contributed by atoms with E-state index in [1.807, 2.05) is 6.07 Å². The Morgan fingerprint density at radius 2 is 1.82 bits per heavy atom. The van der Waals surface area contributed by atoms with E-state index in [4.69, 9.17) is 0 Å². The number of carbonyl (C=O) groups excluding carboxylic acids is 1. The molecule has 0 aromatic heterocycles. The van der Waals surface area contributed by atoms with Crippen molar-refractivity contribution in [1.29, 1.82) is 0 Å². The zero-order valence-electron chi connectivity index (χ0n) is 13.9. The SMILES string of the molecule is Cc1cccc(C)c1NC(=O)CN1CCCC2CCCCC21. The lowest BCUT2D eigenvalue weighted by Gasteiger charge is -2.43. The molecule has 1 saturated heterocycles. The van der Waals surface area contributed by atoms with Crippen LogP contribution in [0.4, 0.5) is 5.69 Å². The summed E-state index contributed by atoms with van der Waals surface area (Å²) < 4.78 is 0. The molecule has 0 radical (unpaired) electrons. The monoisotopic (exact) mass is 300 g/mol. The number of anilines is 1. The number of benzene rings is 1. The lowest BCUT2D eigenvalue weighted by Crippen LogP contribution is -2.49. The Morgan fingerprint density at radius 1 is 1.14 bits per heavy atom. The first-order chi connectivity index (χ1) is 10.6. The van der Waals surface area contributed by atoms with E-state index in [1.54, 1.807) is 0 Å². The molecule has 1 aromatic rings. The third kappa shape index (κ3) is 3.35. The van der Waals surface area contributed by atoms with Gasteiger partial charge in [-0.3, -0.25) is 9.69 Å². The van der Waals surface area contributed by atoms with Crippen LogP contribution in [0.2, 0.25) is 0 Å². The van der Waals surface area contributed by atoms with Crippen molar-refractivity contribution in [3.63, 3.8) is 0 Å². The Hall–Kier alpha value is -1.35. The second-order valence-electron chi connectivity index (χ2n) is 7.04. The second kappa shape index (κ2) is 6.82. The number of piperidine rings is 1. The molecule has 1 aliphatic heterocycles. The van der Waals surface area contributed by atoms with E-state index in [9.17, 15) is 4.79 Å². The highest BCUT2D eigenvalue weighted by atomic mass is 16.2. The molecule has 3 heteroatoms. The number of amides is 1. The smallest absolute Gasteiger partial charge is 0.238 e. The first-order valence-electron chi connectivity index (χ1n) is 8.75. The van der Waals surface area contributed by atoms with Crippen LogP contribution in [0.15, 0.2) is 18.2 Å². The molecule has 22 heavy (non-hydrogen) atoms. The summed E-state index contributed by atoms with van der Waals surface area (Å²) in [5.74, 6) is 0.971. The Balaban J connectivity index is 1.63. The Morgan fingerprint density at radius 3 is 2.59 bits per heavy atom. The first kappa shape index (κ1) is 15.5. The zero-order valence-corrected chi connectivity index (χ0v) is 13.9. The largest absolute Gasteiger partial charge is 0.324 e. The van der Waals surface area contributed by atoms with E-state index < -0.39 is 0 Å². The molecule has 1 amide bonds. The third-order valence-corrected chi connectivity index (χ3v) is 5.45. The van der Waals surface area contributed by atoms with Crippen molar-refractivity contribution in [3.8, 4) is 0 Å². The molecule has 0 bridgehead atoms. The van der Waals surface area contributed by atoms with Gasteiger partial charge in [-0.1, -0.05) is 31.0 Å². The minimum absolute atomic E-state index is 0.142. The molecule has 1 saturated carbocycles. The number of likely N-dealkylation sites (tertiary alicyclic amines) is 1. The number of fused-ring (bicyclic) bond motifs is 1. The Labute approximate surface area is 134 Å². The molecule has 2 fully saturated rings. The van der Waals surface area contributed by atoms with Gasteiger partial charge in [0.2, 0.25) is 5.91 Å². The van der Waals surface area contributed by atoms with Gasteiger partial charge in [0, 0.05) is 11.7 Å². The summed E-state index contributed by atoms with van der Waals surface area (Å²) in [6.45, 7) is 5.75. The summed E-state index contributed by atoms with van der Waals surface area (Å²) in [4.78, 5) is 14.9. The average molecular weight is 300 g/mol. The molecule has 3 rings (SSSR count). The lowest BCUT2D eigenvalue weighted by molar-refractivity contribution is -0.118. The van der Waals surface area contributed by atoms with Gasteiger partial charge in [0.05, 0.1) is 6.54 Å². The third-order valence-electron chi connectivity index (χ3n) is 5.45. The van der Waals surface area contributed by atoms with Crippen molar-refractivity contribution in [3.05, 3.63) is 29.3 Å². The lowest BCUT2D eigenvalue weighted by atomic mass is 9.78. The summed E-state index contributed by atoms with van der Waals surface area (Å²) in [7, 11) is 0. The van der Waals surface area contributed by atoms with E-state index in [1.165, 1.54) is 38.5 Å². The summed E-state index contributed by atoms with van der Waals surface area (Å²) in [6.07, 6.45) is 7.96. The topological polar surface area (TPSA) is 32.3 Å². The van der Waals surface area contributed by atoms with Gasteiger partial charge in [0.25, 0.3) is 0 Å². The number of carbonyl (C=O) groups is 1. The van der Waals surface area contributed by atoms with Crippen LogP contribution in [-0.2, 0) is 4.79 Å². The highest BCUT2D eigenvalue weighted by Crippen LogP contribution is 2.35. The molecule has 2 aliphatic rings. The number of para-hydroxylation sites is 1. The van der Waals surface area contributed by atoms with Gasteiger partial charge in [-0.05, 0) is 63.1 Å². The quantitative estimate of drug-likeness (QED) is 0.918. The van der Waals surface area contributed by atoms with Gasteiger partial charge < -0.3 is 5.32 Å². The van der Waals surface area contributed by atoms with Crippen LogP contribution < -0.4 is 5.32 Å². The molecule has 2 unspecified atom stereocenters. The van der Waals surface area contributed by atoms with E-state index in [0.29, 0.717) is 12.6 Å².